The van der Waals surface area contributed by atoms with Crippen LogP contribution in [0.2, 0.25) is 0 Å². The molecule has 0 spiro atoms. The van der Waals surface area contributed by atoms with E-state index in [0.29, 0.717) is 23.9 Å². The minimum atomic E-state index is -0.112. The second kappa shape index (κ2) is 9.93. The van der Waals surface area contributed by atoms with Gasteiger partial charge in [0.2, 0.25) is 0 Å². The molecule has 0 bridgehead atoms. The number of guanidine groups is 1. The second-order valence-corrected chi connectivity index (χ2v) is 7.89. The molecule has 26 heavy (non-hydrogen) atoms. The highest BCUT2D eigenvalue weighted by Crippen LogP contribution is 2.41. The number of halogens is 1. The Morgan fingerprint density at radius 1 is 1.12 bits per heavy atom. The molecule has 5 heteroatoms. The van der Waals surface area contributed by atoms with Gasteiger partial charge in [-0.2, -0.15) is 0 Å². The van der Waals surface area contributed by atoms with Gasteiger partial charge in [-0.1, -0.05) is 38.1 Å². The van der Waals surface area contributed by atoms with Crippen molar-refractivity contribution in [3.8, 4) is 0 Å². The largest absolute Gasteiger partial charge is 0.393 e. The molecule has 0 amide bonds. The first-order chi connectivity index (χ1) is 12.1. The maximum absolute atomic E-state index is 9.66. The van der Waals surface area contributed by atoms with Crippen molar-refractivity contribution in [3.05, 3.63) is 35.4 Å². The summed E-state index contributed by atoms with van der Waals surface area (Å²) >= 11 is 0. The zero-order chi connectivity index (χ0) is 17.8. The van der Waals surface area contributed by atoms with Crippen molar-refractivity contribution < 1.29 is 5.11 Å². The van der Waals surface area contributed by atoms with Crippen LogP contribution in [0.4, 0.5) is 0 Å². The first kappa shape index (κ1) is 21.5. The van der Waals surface area contributed by atoms with Crippen LogP contribution in [0.3, 0.4) is 0 Å². The molecule has 0 aromatic heterocycles. The molecule has 4 nitrogen and oxygen atoms in total. The molecule has 2 saturated carbocycles. The molecule has 2 fully saturated rings. The third-order valence-electron chi connectivity index (χ3n) is 5.50. The average Bonchev–Trinajstić information content (AvgIpc) is 3.36. The minimum Gasteiger partial charge on any atom is -0.393 e. The maximum Gasteiger partial charge on any atom is 0.191 e. The molecular formula is C21H34IN3O. The van der Waals surface area contributed by atoms with Gasteiger partial charge in [-0.3, -0.25) is 4.99 Å². The summed E-state index contributed by atoms with van der Waals surface area (Å²) in [4.78, 5) is 4.61. The SMILES string of the molecule is CCN=C(NC1CCC(O)CC1)NC1CC1c1ccc(C(C)C)cc1.I. The summed E-state index contributed by atoms with van der Waals surface area (Å²) < 4.78 is 0. The molecule has 2 aliphatic rings. The number of aliphatic imine (C=N–C) groups is 1. The van der Waals surface area contributed by atoms with Crippen molar-refractivity contribution in [2.24, 2.45) is 4.99 Å². The molecule has 146 valence electrons. The number of aliphatic hydroxyl groups is 1. The zero-order valence-electron chi connectivity index (χ0n) is 16.2. The summed E-state index contributed by atoms with van der Waals surface area (Å²) in [5.41, 5.74) is 2.84. The van der Waals surface area contributed by atoms with Gasteiger partial charge in [0.15, 0.2) is 5.96 Å². The first-order valence-electron chi connectivity index (χ1n) is 9.92. The minimum absolute atomic E-state index is 0. The van der Waals surface area contributed by atoms with Crippen molar-refractivity contribution in [2.75, 3.05) is 6.54 Å². The molecule has 1 aromatic carbocycles. The molecule has 1 aromatic rings. The average molecular weight is 471 g/mol. The van der Waals surface area contributed by atoms with Gasteiger partial charge in [0, 0.05) is 24.5 Å². The summed E-state index contributed by atoms with van der Waals surface area (Å²) in [6.45, 7) is 7.33. The Hall–Kier alpha value is -0.820. The van der Waals surface area contributed by atoms with Crippen LogP contribution in [0.25, 0.3) is 0 Å². The van der Waals surface area contributed by atoms with Gasteiger partial charge in [-0.15, -0.1) is 24.0 Å². The summed E-state index contributed by atoms with van der Waals surface area (Å²) in [6, 6.07) is 10.0. The zero-order valence-corrected chi connectivity index (χ0v) is 18.6. The fourth-order valence-electron chi connectivity index (χ4n) is 3.73. The molecule has 0 radical (unpaired) electrons. The van der Waals surface area contributed by atoms with Gasteiger partial charge >= 0.3 is 0 Å². The van der Waals surface area contributed by atoms with Crippen molar-refractivity contribution >= 4 is 29.9 Å². The molecule has 3 N–H and O–H groups in total. The van der Waals surface area contributed by atoms with Gasteiger partial charge in [0.1, 0.15) is 0 Å². The van der Waals surface area contributed by atoms with E-state index in [1.165, 1.54) is 17.5 Å². The lowest BCUT2D eigenvalue weighted by molar-refractivity contribution is 0.120. The number of hydrogen-bond donors (Lipinski definition) is 3. The normalized spacial score (nSPS) is 28.4. The number of nitrogens with one attached hydrogen (secondary N) is 2. The fraction of sp³-hybridized carbons (Fsp3) is 0.667. The third-order valence-corrected chi connectivity index (χ3v) is 5.50. The van der Waals surface area contributed by atoms with Crippen LogP contribution in [0, 0.1) is 0 Å². The predicted molar refractivity (Wildman–Crippen MR) is 120 cm³/mol. The lowest BCUT2D eigenvalue weighted by atomic mass is 9.93. The molecule has 2 aliphatic carbocycles. The van der Waals surface area contributed by atoms with Gasteiger partial charge < -0.3 is 15.7 Å². The van der Waals surface area contributed by atoms with Gasteiger partial charge in [-0.25, -0.2) is 0 Å². The topological polar surface area (TPSA) is 56.7 Å². The van der Waals surface area contributed by atoms with Gasteiger partial charge in [0.05, 0.1) is 6.10 Å². The van der Waals surface area contributed by atoms with Crippen molar-refractivity contribution in [3.63, 3.8) is 0 Å². The highest BCUT2D eigenvalue weighted by molar-refractivity contribution is 14.0. The number of hydrogen-bond acceptors (Lipinski definition) is 2. The Balaban J connectivity index is 0.00000243. The van der Waals surface area contributed by atoms with Crippen LogP contribution in [0.15, 0.2) is 29.3 Å². The van der Waals surface area contributed by atoms with E-state index in [2.05, 4.69) is 60.7 Å². The van der Waals surface area contributed by atoms with E-state index in [4.69, 9.17) is 0 Å². The van der Waals surface area contributed by atoms with E-state index in [1.54, 1.807) is 0 Å². The highest BCUT2D eigenvalue weighted by atomic mass is 127. The van der Waals surface area contributed by atoms with Crippen LogP contribution in [-0.4, -0.2) is 35.8 Å². The summed E-state index contributed by atoms with van der Waals surface area (Å²) in [6.07, 6.45) is 4.90. The van der Waals surface area contributed by atoms with E-state index >= 15 is 0 Å². The van der Waals surface area contributed by atoms with Crippen LogP contribution < -0.4 is 10.6 Å². The van der Waals surface area contributed by atoms with Crippen molar-refractivity contribution in [1.29, 1.82) is 0 Å². The Kier molecular flexibility index (Phi) is 8.20. The Bertz CT molecular complexity index is 579. The summed E-state index contributed by atoms with van der Waals surface area (Å²) in [5, 5.41) is 16.8. The molecular weight excluding hydrogens is 437 g/mol. The third kappa shape index (κ3) is 5.84. The van der Waals surface area contributed by atoms with E-state index in [0.717, 1.165) is 38.2 Å². The smallest absolute Gasteiger partial charge is 0.191 e. The Labute approximate surface area is 175 Å². The standard InChI is InChI=1S/C21H33N3O.HI/c1-4-22-21(23-17-9-11-18(25)12-10-17)24-20-13-19(20)16-7-5-15(6-8-16)14(2)3;/h5-8,14,17-20,25H,4,9-13H2,1-3H3,(H2,22,23,24);1H. The monoisotopic (exact) mass is 471 g/mol. The quantitative estimate of drug-likeness (QED) is 0.344. The molecule has 0 saturated heterocycles. The molecule has 2 atom stereocenters. The van der Waals surface area contributed by atoms with Crippen LogP contribution >= 0.6 is 24.0 Å². The van der Waals surface area contributed by atoms with E-state index in [9.17, 15) is 5.11 Å². The van der Waals surface area contributed by atoms with Gasteiger partial charge in [0.25, 0.3) is 0 Å². The molecule has 2 unspecified atom stereocenters. The lowest BCUT2D eigenvalue weighted by Crippen LogP contribution is -2.46. The number of benzene rings is 1. The fourth-order valence-corrected chi connectivity index (χ4v) is 3.73. The molecule has 0 aliphatic heterocycles. The van der Waals surface area contributed by atoms with E-state index in [1.807, 2.05) is 0 Å². The molecule has 0 heterocycles. The highest BCUT2D eigenvalue weighted by Gasteiger charge is 2.39. The summed E-state index contributed by atoms with van der Waals surface area (Å²) in [7, 11) is 0. The first-order valence-corrected chi connectivity index (χ1v) is 9.92. The summed E-state index contributed by atoms with van der Waals surface area (Å²) in [5.74, 6) is 2.12. The predicted octanol–water partition coefficient (Wildman–Crippen LogP) is 4.14. The van der Waals surface area contributed by atoms with Crippen LogP contribution in [0.5, 0.6) is 0 Å². The van der Waals surface area contributed by atoms with Crippen molar-refractivity contribution in [1.82, 2.24) is 10.6 Å². The van der Waals surface area contributed by atoms with E-state index in [-0.39, 0.29) is 30.1 Å². The number of nitrogens with zero attached hydrogens (tertiary/aromatic N) is 1. The number of aliphatic hydroxyl groups excluding tert-OH is 1. The van der Waals surface area contributed by atoms with Crippen LogP contribution in [0.1, 0.15) is 75.8 Å². The Morgan fingerprint density at radius 2 is 1.77 bits per heavy atom. The van der Waals surface area contributed by atoms with Gasteiger partial charge in [-0.05, 0) is 56.1 Å². The van der Waals surface area contributed by atoms with Crippen LogP contribution in [-0.2, 0) is 0 Å². The van der Waals surface area contributed by atoms with E-state index < -0.39 is 0 Å². The second-order valence-electron chi connectivity index (χ2n) is 7.89. The number of rotatable bonds is 5. The van der Waals surface area contributed by atoms with Crippen molar-refractivity contribution in [2.45, 2.75) is 82.9 Å². The Morgan fingerprint density at radius 3 is 2.35 bits per heavy atom. The lowest BCUT2D eigenvalue weighted by Gasteiger charge is -2.27. The molecule has 3 rings (SSSR count). The maximum atomic E-state index is 9.66.